The molecule has 0 aromatic rings. The Morgan fingerprint density at radius 3 is 2.31 bits per heavy atom. The molecule has 1 aliphatic rings. The average molecular weight is 508 g/mol. The Kier molecular flexibility index (Phi) is 14.1. The maximum Gasteiger partial charge on any atom is 0.327 e. The van der Waals surface area contributed by atoms with E-state index in [1.165, 1.54) is 7.11 Å². The van der Waals surface area contributed by atoms with Crippen LogP contribution in [-0.4, -0.2) is 64.3 Å². The maximum atomic E-state index is 12.6. The minimum Gasteiger partial charge on any atom is -0.478 e. The third kappa shape index (κ3) is 11.4. The molecule has 0 aromatic carbocycles. The second kappa shape index (κ2) is 16.2. The number of rotatable bonds is 16. The van der Waals surface area contributed by atoms with Crippen molar-refractivity contribution in [1.82, 2.24) is 5.32 Å². The predicted molar refractivity (Wildman–Crippen MR) is 135 cm³/mol. The van der Waals surface area contributed by atoms with Gasteiger partial charge in [0.15, 0.2) is 0 Å². The van der Waals surface area contributed by atoms with Crippen molar-refractivity contribution in [2.75, 3.05) is 7.11 Å². The van der Waals surface area contributed by atoms with Crippen molar-refractivity contribution in [2.24, 2.45) is 17.8 Å². The summed E-state index contributed by atoms with van der Waals surface area (Å²) >= 11 is 0. The van der Waals surface area contributed by atoms with Crippen LogP contribution in [0.2, 0.25) is 0 Å². The van der Waals surface area contributed by atoms with E-state index in [9.17, 15) is 29.4 Å². The number of allylic oxidation sites excluding steroid dienone is 3. The monoisotopic (exact) mass is 507 g/mol. The lowest BCUT2D eigenvalue weighted by Crippen LogP contribution is -2.39. The number of unbranched alkanes of at least 4 members (excludes halogenated alkanes) is 1. The first-order valence-corrected chi connectivity index (χ1v) is 12.4. The Morgan fingerprint density at radius 1 is 1.11 bits per heavy atom. The van der Waals surface area contributed by atoms with Crippen molar-refractivity contribution in [3.8, 4) is 0 Å². The summed E-state index contributed by atoms with van der Waals surface area (Å²) in [4.78, 5) is 46.0. The number of carboxylic acids is 1. The average Bonchev–Trinajstić information content (AvgIpc) is 2.81. The number of carbonyl (C=O) groups is 4. The van der Waals surface area contributed by atoms with E-state index >= 15 is 0 Å². The molecule has 0 spiro atoms. The van der Waals surface area contributed by atoms with Crippen molar-refractivity contribution in [1.29, 1.82) is 0 Å². The highest BCUT2D eigenvalue weighted by Crippen LogP contribution is 2.23. The number of carboxylic acid groups (broad SMARTS) is 1. The quantitative estimate of drug-likeness (QED) is 0.108. The van der Waals surface area contributed by atoms with Gasteiger partial charge < -0.3 is 20.1 Å². The van der Waals surface area contributed by atoms with Crippen LogP contribution in [-0.2, 0) is 23.9 Å². The first-order valence-electron chi connectivity index (χ1n) is 12.4. The second-order valence-corrected chi connectivity index (χ2v) is 9.54. The summed E-state index contributed by atoms with van der Waals surface area (Å²) in [6.45, 7) is 5.18. The molecule has 0 bridgehead atoms. The number of aliphatic hydroxyl groups excluding tert-OH is 2. The summed E-state index contributed by atoms with van der Waals surface area (Å²) in [6.07, 6.45) is 8.46. The Hall–Kier alpha value is -2.62. The predicted octanol–water partition coefficient (Wildman–Crippen LogP) is 2.71. The third-order valence-electron chi connectivity index (χ3n) is 6.48. The number of hydrogen-bond acceptors (Lipinski definition) is 7. The highest BCUT2D eigenvalue weighted by Gasteiger charge is 2.30. The Balaban J connectivity index is 2.57. The number of ketones is 1. The van der Waals surface area contributed by atoms with Crippen LogP contribution >= 0.6 is 0 Å². The lowest BCUT2D eigenvalue weighted by Gasteiger charge is -2.29. The fraction of sp³-hybridized carbons (Fsp3) is 0.630. The molecule has 1 heterocycles. The van der Waals surface area contributed by atoms with Crippen LogP contribution in [0.25, 0.3) is 0 Å². The van der Waals surface area contributed by atoms with Gasteiger partial charge in [-0.25, -0.2) is 4.79 Å². The second-order valence-electron chi connectivity index (χ2n) is 9.54. The van der Waals surface area contributed by atoms with Crippen molar-refractivity contribution in [3.05, 3.63) is 36.0 Å². The van der Waals surface area contributed by atoms with Gasteiger partial charge in [-0.3, -0.25) is 19.7 Å². The van der Waals surface area contributed by atoms with Crippen LogP contribution in [0.15, 0.2) is 36.0 Å². The van der Waals surface area contributed by atoms with E-state index in [1.807, 2.05) is 0 Å². The summed E-state index contributed by atoms with van der Waals surface area (Å²) in [5.41, 5.74) is 0.578. The lowest BCUT2D eigenvalue weighted by atomic mass is 9.87. The molecule has 4 N–H and O–H groups in total. The molecule has 1 saturated heterocycles. The number of methoxy groups -OCH3 is 1. The van der Waals surface area contributed by atoms with Crippen molar-refractivity contribution < 1.29 is 39.2 Å². The number of hydrogen-bond donors (Lipinski definition) is 4. The summed E-state index contributed by atoms with van der Waals surface area (Å²) in [5, 5.41) is 32.4. The molecule has 1 aliphatic heterocycles. The first kappa shape index (κ1) is 31.4. The minimum atomic E-state index is -1.00. The number of carbonyl (C=O) groups excluding carboxylic acids is 3. The number of Topliss-reactive ketones (excluding diaryl/α,β-unsaturated/α-hetero) is 1. The molecule has 1 fully saturated rings. The van der Waals surface area contributed by atoms with Gasteiger partial charge in [-0.15, -0.1) is 0 Å². The van der Waals surface area contributed by atoms with Gasteiger partial charge in [0.2, 0.25) is 11.8 Å². The molecule has 0 aliphatic carbocycles. The van der Waals surface area contributed by atoms with Gasteiger partial charge >= 0.3 is 5.97 Å². The standard InChI is InChI=1S/C27H41NO8/c1-17(21(29)11-9-10-20-15-23(30)28-24(31)16-20)14-18(2)26(34)19(3)27(35)22(36-4)12-7-5-6-8-13-25(32)33/h7-8,12-14,17,19-20,22,26-27,34-35H,5-6,9-11,15-16H2,1-4H3,(H,32,33)(H,28,30,31)/b12-7+,13-8+,18-14-/t17-,19+,22+,26-,27+/m0/s1. The van der Waals surface area contributed by atoms with E-state index in [0.29, 0.717) is 50.5 Å². The van der Waals surface area contributed by atoms with E-state index in [1.54, 1.807) is 45.1 Å². The van der Waals surface area contributed by atoms with Gasteiger partial charge in [-0.1, -0.05) is 38.2 Å². The van der Waals surface area contributed by atoms with Crippen LogP contribution < -0.4 is 5.32 Å². The van der Waals surface area contributed by atoms with Crippen LogP contribution in [0, 0.1) is 17.8 Å². The number of piperidine rings is 1. The Morgan fingerprint density at radius 2 is 1.72 bits per heavy atom. The molecule has 36 heavy (non-hydrogen) atoms. The Bertz CT molecular complexity index is 831. The molecule has 9 nitrogen and oxygen atoms in total. The normalized spacial score (nSPS) is 19.8. The van der Waals surface area contributed by atoms with Crippen molar-refractivity contribution in [3.63, 3.8) is 0 Å². The Labute approximate surface area is 213 Å². The van der Waals surface area contributed by atoms with E-state index in [4.69, 9.17) is 9.84 Å². The number of ether oxygens (including phenoxy) is 1. The van der Waals surface area contributed by atoms with E-state index in [2.05, 4.69) is 5.32 Å². The summed E-state index contributed by atoms with van der Waals surface area (Å²) < 4.78 is 5.36. The fourth-order valence-electron chi connectivity index (χ4n) is 4.28. The summed E-state index contributed by atoms with van der Waals surface area (Å²) in [5.74, 6) is -2.54. The highest BCUT2D eigenvalue weighted by atomic mass is 16.5. The number of imide groups is 1. The molecule has 0 aromatic heterocycles. The summed E-state index contributed by atoms with van der Waals surface area (Å²) in [6, 6.07) is 0. The van der Waals surface area contributed by atoms with Crippen molar-refractivity contribution in [2.45, 2.75) is 84.0 Å². The maximum absolute atomic E-state index is 12.6. The third-order valence-corrected chi connectivity index (χ3v) is 6.48. The minimum absolute atomic E-state index is 0.0102. The van der Waals surface area contributed by atoms with Crippen LogP contribution in [0.4, 0.5) is 0 Å². The molecule has 1 rings (SSSR count). The number of amides is 2. The smallest absolute Gasteiger partial charge is 0.327 e. The largest absolute Gasteiger partial charge is 0.478 e. The van der Waals surface area contributed by atoms with Gasteiger partial charge in [-0.2, -0.15) is 0 Å². The molecule has 5 atom stereocenters. The molecule has 0 radical (unpaired) electrons. The van der Waals surface area contributed by atoms with Crippen LogP contribution in [0.3, 0.4) is 0 Å². The highest BCUT2D eigenvalue weighted by molar-refractivity contribution is 5.97. The molecular weight excluding hydrogens is 466 g/mol. The van der Waals surface area contributed by atoms with Crippen molar-refractivity contribution >= 4 is 23.6 Å². The number of aliphatic hydroxyl groups is 2. The summed E-state index contributed by atoms with van der Waals surface area (Å²) in [7, 11) is 1.46. The SMILES string of the molecule is CO[C@H](/C=C/CC/C=C/C(=O)O)[C@H](O)[C@H](C)[C@@H](O)/C(C)=C\[C@H](C)C(=O)CCCC1CC(=O)NC(=O)C1. The van der Waals surface area contributed by atoms with Gasteiger partial charge in [0.05, 0.1) is 12.2 Å². The molecule has 0 saturated carbocycles. The van der Waals surface area contributed by atoms with E-state index in [-0.39, 0.29) is 23.5 Å². The zero-order valence-electron chi connectivity index (χ0n) is 21.7. The van der Waals surface area contributed by atoms with E-state index < -0.39 is 36.1 Å². The van der Waals surface area contributed by atoms with Gasteiger partial charge in [0.25, 0.3) is 0 Å². The molecule has 0 unspecified atom stereocenters. The molecule has 202 valence electrons. The first-order chi connectivity index (χ1) is 17.0. The zero-order chi connectivity index (χ0) is 27.3. The fourth-order valence-corrected chi connectivity index (χ4v) is 4.28. The molecule has 9 heteroatoms. The molecule has 2 amide bonds. The van der Waals surface area contributed by atoms with Gasteiger partial charge in [0.1, 0.15) is 11.9 Å². The van der Waals surface area contributed by atoms with E-state index in [0.717, 1.165) is 6.08 Å². The number of nitrogens with one attached hydrogen (secondary N) is 1. The lowest BCUT2D eigenvalue weighted by molar-refractivity contribution is -0.135. The van der Waals surface area contributed by atoms with Gasteiger partial charge in [-0.05, 0) is 44.1 Å². The van der Waals surface area contributed by atoms with Crippen LogP contribution in [0.1, 0.15) is 65.7 Å². The zero-order valence-corrected chi connectivity index (χ0v) is 21.7. The number of aliphatic carboxylic acids is 1. The van der Waals surface area contributed by atoms with Crippen LogP contribution in [0.5, 0.6) is 0 Å². The van der Waals surface area contributed by atoms with Gasteiger partial charge in [0, 0.05) is 44.3 Å². The topological polar surface area (TPSA) is 150 Å². The molecular formula is C27H41NO8.